The maximum atomic E-state index is 11.4. The zero-order chi connectivity index (χ0) is 15.8. The van der Waals surface area contributed by atoms with Crippen LogP contribution in [0.1, 0.15) is 33.1 Å². The van der Waals surface area contributed by atoms with Gasteiger partial charge in [0.25, 0.3) is 0 Å². The molecule has 0 atom stereocenters. The van der Waals surface area contributed by atoms with Gasteiger partial charge in [0, 0.05) is 19.6 Å². The van der Waals surface area contributed by atoms with Crippen LogP contribution in [0.25, 0.3) is 0 Å². The molecule has 0 aromatic carbocycles. The summed E-state index contributed by atoms with van der Waals surface area (Å²) in [6.07, 6.45) is 2.08. The van der Waals surface area contributed by atoms with Crippen molar-refractivity contribution in [2.75, 3.05) is 52.9 Å². The molecular formula is C15H28O6. The van der Waals surface area contributed by atoms with E-state index in [0.29, 0.717) is 45.9 Å². The van der Waals surface area contributed by atoms with Crippen molar-refractivity contribution in [1.29, 1.82) is 0 Å². The van der Waals surface area contributed by atoms with Gasteiger partial charge in [0.05, 0.1) is 26.4 Å². The highest BCUT2D eigenvalue weighted by atomic mass is 16.5. The quantitative estimate of drug-likeness (QED) is 0.401. The number of hydrogen-bond donors (Lipinski definition) is 0. The molecule has 0 radical (unpaired) electrons. The molecule has 124 valence electrons. The topological polar surface area (TPSA) is 71.1 Å². The summed E-state index contributed by atoms with van der Waals surface area (Å²) in [6.45, 7) is 7.03. The van der Waals surface area contributed by atoms with Crippen LogP contribution in [0.15, 0.2) is 0 Å². The lowest BCUT2D eigenvalue weighted by atomic mass is 10.2. The van der Waals surface area contributed by atoms with Crippen molar-refractivity contribution in [2.45, 2.75) is 33.1 Å². The molecule has 0 rings (SSSR count). The number of Topliss-reactive ketones (excluding diaryl/α,β-unsaturated/α-hetero) is 2. The molecule has 6 heteroatoms. The van der Waals surface area contributed by atoms with Crippen LogP contribution in [0.5, 0.6) is 0 Å². The summed E-state index contributed by atoms with van der Waals surface area (Å²) in [4.78, 5) is 22.0. The van der Waals surface area contributed by atoms with E-state index in [1.807, 2.05) is 0 Å². The molecule has 0 aliphatic carbocycles. The van der Waals surface area contributed by atoms with Crippen LogP contribution in [0.4, 0.5) is 0 Å². The zero-order valence-electron chi connectivity index (χ0n) is 13.2. The highest BCUT2D eigenvalue weighted by Gasteiger charge is 2.03. The number of carbonyl (C=O) groups is 2. The van der Waals surface area contributed by atoms with Gasteiger partial charge in [-0.3, -0.25) is 9.59 Å². The molecule has 0 heterocycles. The molecule has 0 N–H and O–H groups in total. The van der Waals surface area contributed by atoms with E-state index < -0.39 is 0 Å². The first-order valence-electron chi connectivity index (χ1n) is 7.49. The first-order valence-corrected chi connectivity index (χ1v) is 7.49. The summed E-state index contributed by atoms with van der Waals surface area (Å²) >= 11 is 0. The van der Waals surface area contributed by atoms with Crippen molar-refractivity contribution in [1.82, 2.24) is 0 Å². The third kappa shape index (κ3) is 17.1. The van der Waals surface area contributed by atoms with Crippen molar-refractivity contribution < 1.29 is 28.5 Å². The second-order valence-corrected chi connectivity index (χ2v) is 4.67. The van der Waals surface area contributed by atoms with E-state index >= 15 is 0 Å². The Labute approximate surface area is 127 Å². The Bertz CT molecular complexity index is 267. The van der Waals surface area contributed by atoms with Crippen molar-refractivity contribution in [3.8, 4) is 0 Å². The van der Waals surface area contributed by atoms with E-state index in [-0.39, 0.29) is 24.8 Å². The van der Waals surface area contributed by atoms with Crippen LogP contribution in [0, 0.1) is 0 Å². The van der Waals surface area contributed by atoms with Crippen LogP contribution >= 0.6 is 0 Å². The Morgan fingerprint density at radius 1 is 0.762 bits per heavy atom. The fourth-order valence-corrected chi connectivity index (χ4v) is 1.44. The maximum absolute atomic E-state index is 11.4. The lowest BCUT2D eigenvalue weighted by Crippen LogP contribution is -2.14. The Morgan fingerprint density at radius 3 is 1.90 bits per heavy atom. The van der Waals surface area contributed by atoms with Crippen LogP contribution in [0.3, 0.4) is 0 Å². The van der Waals surface area contributed by atoms with Gasteiger partial charge in [-0.25, -0.2) is 0 Å². The average Bonchev–Trinajstić information content (AvgIpc) is 2.44. The summed E-state index contributed by atoms with van der Waals surface area (Å²) in [5, 5.41) is 0. The lowest BCUT2D eigenvalue weighted by Gasteiger charge is -2.06. The zero-order valence-corrected chi connectivity index (χ0v) is 13.2. The van der Waals surface area contributed by atoms with E-state index in [0.717, 1.165) is 13.0 Å². The molecule has 0 aromatic heterocycles. The third-order valence-corrected chi connectivity index (χ3v) is 2.41. The van der Waals surface area contributed by atoms with E-state index in [4.69, 9.17) is 18.9 Å². The standard InChI is InChI=1S/C15H28O6/c1-3-6-18-8-10-20-11-9-19-7-4-5-15(17)13-21-12-14(2)16/h3-13H2,1-2H3. The molecule has 0 aliphatic heterocycles. The molecule has 21 heavy (non-hydrogen) atoms. The summed E-state index contributed by atoms with van der Waals surface area (Å²) in [5.41, 5.74) is 0. The summed E-state index contributed by atoms with van der Waals surface area (Å²) in [7, 11) is 0. The third-order valence-electron chi connectivity index (χ3n) is 2.41. The van der Waals surface area contributed by atoms with Gasteiger partial charge in [-0.15, -0.1) is 0 Å². The molecule has 0 saturated heterocycles. The normalized spacial score (nSPS) is 10.8. The Kier molecular flexibility index (Phi) is 15.0. The number of rotatable bonds is 16. The highest BCUT2D eigenvalue weighted by molar-refractivity contribution is 5.80. The predicted octanol–water partition coefficient (Wildman–Crippen LogP) is 1.40. The second-order valence-electron chi connectivity index (χ2n) is 4.67. The summed E-state index contributed by atoms with van der Waals surface area (Å²) in [6, 6.07) is 0. The van der Waals surface area contributed by atoms with E-state index in [2.05, 4.69) is 6.92 Å². The minimum absolute atomic E-state index is 0.000448. The molecule has 0 aliphatic rings. The largest absolute Gasteiger partial charge is 0.379 e. The van der Waals surface area contributed by atoms with Gasteiger partial charge >= 0.3 is 0 Å². The van der Waals surface area contributed by atoms with Crippen LogP contribution < -0.4 is 0 Å². The van der Waals surface area contributed by atoms with Gasteiger partial charge in [0.1, 0.15) is 13.2 Å². The van der Waals surface area contributed by atoms with Crippen molar-refractivity contribution >= 4 is 11.6 Å². The van der Waals surface area contributed by atoms with Crippen LogP contribution in [0.2, 0.25) is 0 Å². The van der Waals surface area contributed by atoms with Crippen LogP contribution in [-0.4, -0.2) is 64.4 Å². The average molecular weight is 304 g/mol. The molecule has 0 fully saturated rings. The first-order chi connectivity index (χ1) is 10.2. The summed E-state index contributed by atoms with van der Waals surface area (Å²) in [5.74, 6) is -0.0876. The Balaban J connectivity index is 3.14. The molecule has 0 aromatic rings. The SMILES string of the molecule is CCCOCCOCCOCCCC(=O)COCC(C)=O. The fraction of sp³-hybridized carbons (Fsp3) is 0.867. The molecular weight excluding hydrogens is 276 g/mol. The van der Waals surface area contributed by atoms with Crippen molar-refractivity contribution in [3.05, 3.63) is 0 Å². The summed E-state index contributed by atoms with van der Waals surface area (Å²) < 4.78 is 20.9. The van der Waals surface area contributed by atoms with E-state index in [1.165, 1.54) is 6.92 Å². The van der Waals surface area contributed by atoms with Crippen molar-refractivity contribution in [3.63, 3.8) is 0 Å². The molecule has 0 saturated carbocycles. The molecule has 6 nitrogen and oxygen atoms in total. The number of carbonyl (C=O) groups excluding carboxylic acids is 2. The van der Waals surface area contributed by atoms with Crippen molar-refractivity contribution in [2.24, 2.45) is 0 Å². The van der Waals surface area contributed by atoms with E-state index in [9.17, 15) is 9.59 Å². The van der Waals surface area contributed by atoms with Gasteiger partial charge < -0.3 is 18.9 Å². The van der Waals surface area contributed by atoms with Gasteiger partial charge in [-0.05, 0) is 19.8 Å². The minimum atomic E-state index is -0.0776. The molecule has 0 amide bonds. The van der Waals surface area contributed by atoms with Crippen LogP contribution in [-0.2, 0) is 28.5 Å². The smallest absolute Gasteiger partial charge is 0.158 e. The van der Waals surface area contributed by atoms with Gasteiger partial charge in [-0.2, -0.15) is 0 Å². The van der Waals surface area contributed by atoms with Gasteiger partial charge in [0.2, 0.25) is 0 Å². The lowest BCUT2D eigenvalue weighted by molar-refractivity contribution is -0.127. The molecule has 0 unspecified atom stereocenters. The number of ether oxygens (including phenoxy) is 4. The number of ketones is 2. The highest BCUT2D eigenvalue weighted by Crippen LogP contribution is 1.94. The predicted molar refractivity (Wildman–Crippen MR) is 78.5 cm³/mol. The Morgan fingerprint density at radius 2 is 1.33 bits per heavy atom. The minimum Gasteiger partial charge on any atom is -0.379 e. The fourth-order valence-electron chi connectivity index (χ4n) is 1.44. The van der Waals surface area contributed by atoms with E-state index in [1.54, 1.807) is 0 Å². The Hall–Kier alpha value is -0.820. The number of hydrogen-bond acceptors (Lipinski definition) is 6. The monoisotopic (exact) mass is 304 g/mol. The first kappa shape index (κ1) is 20.2. The molecule has 0 bridgehead atoms. The van der Waals surface area contributed by atoms with Gasteiger partial charge in [-0.1, -0.05) is 6.92 Å². The molecule has 0 spiro atoms. The van der Waals surface area contributed by atoms with Gasteiger partial charge in [0.15, 0.2) is 11.6 Å². The maximum Gasteiger partial charge on any atom is 0.158 e. The second kappa shape index (κ2) is 15.6.